The Hall–Kier alpha value is -2.05. The van der Waals surface area contributed by atoms with Gasteiger partial charge in [-0.1, -0.05) is 0 Å². The Kier molecular flexibility index (Phi) is 2.69. The second kappa shape index (κ2) is 4.25. The number of aryl methyl sites for hydroxylation is 1. The number of nitrogens with zero attached hydrogens (tertiary/aromatic N) is 3. The minimum atomic E-state index is -0.152. The lowest BCUT2D eigenvalue weighted by Gasteiger charge is -2.37. The first-order chi connectivity index (χ1) is 9.08. The van der Waals surface area contributed by atoms with Crippen LogP contribution in [-0.2, 0) is 4.79 Å². The van der Waals surface area contributed by atoms with E-state index in [0.717, 1.165) is 6.42 Å². The normalized spacial score (nSPS) is 22.8. The first-order valence-corrected chi connectivity index (χ1v) is 6.47. The van der Waals surface area contributed by atoms with Gasteiger partial charge in [0.2, 0.25) is 5.91 Å². The van der Waals surface area contributed by atoms with E-state index in [9.17, 15) is 9.59 Å². The van der Waals surface area contributed by atoms with E-state index >= 15 is 0 Å². The minimum Gasteiger partial charge on any atom is -0.395 e. The van der Waals surface area contributed by atoms with Gasteiger partial charge in [0.15, 0.2) is 5.69 Å². The average Bonchev–Trinajstić information content (AvgIpc) is 2.94. The maximum atomic E-state index is 12.4. The van der Waals surface area contributed by atoms with Crippen molar-refractivity contribution in [3.63, 3.8) is 0 Å². The van der Waals surface area contributed by atoms with E-state index in [4.69, 9.17) is 5.73 Å². The Balaban J connectivity index is 1.75. The van der Waals surface area contributed by atoms with Gasteiger partial charge in [-0.3, -0.25) is 14.7 Å². The van der Waals surface area contributed by atoms with Crippen molar-refractivity contribution in [2.24, 2.45) is 0 Å². The number of rotatable bonds is 1. The zero-order valence-corrected chi connectivity index (χ0v) is 10.8. The van der Waals surface area contributed by atoms with Crippen molar-refractivity contribution in [2.75, 3.05) is 25.4 Å². The van der Waals surface area contributed by atoms with Crippen LogP contribution in [0.15, 0.2) is 0 Å². The SMILES string of the molecule is Cc1[nH]nc(C(=O)N2CCN3C(=O)CCC3C2)c1N. The molecule has 3 heterocycles. The molecule has 2 amide bonds. The zero-order valence-electron chi connectivity index (χ0n) is 10.8. The summed E-state index contributed by atoms with van der Waals surface area (Å²) in [7, 11) is 0. The maximum Gasteiger partial charge on any atom is 0.276 e. The number of H-pyrrole nitrogens is 1. The number of hydrogen-bond acceptors (Lipinski definition) is 4. The topological polar surface area (TPSA) is 95.3 Å². The van der Waals surface area contributed by atoms with E-state index < -0.39 is 0 Å². The van der Waals surface area contributed by atoms with Gasteiger partial charge in [0, 0.05) is 32.1 Å². The highest BCUT2D eigenvalue weighted by Crippen LogP contribution is 2.24. The Morgan fingerprint density at radius 3 is 2.95 bits per heavy atom. The molecule has 1 unspecified atom stereocenters. The standard InChI is InChI=1S/C12H17N5O2/c1-7-10(13)11(15-14-7)12(19)16-4-5-17-8(6-16)2-3-9(17)18/h8H,2-6,13H2,1H3,(H,14,15). The van der Waals surface area contributed by atoms with E-state index in [1.807, 2.05) is 4.90 Å². The number of amides is 2. The summed E-state index contributed by atoms with van der Waals surface area (Å²) in [5.74, 6) is 0.0491. The van der Waals surface area contributed by atoms with Gasteiger partial charge in [-0.2, -0.15) is 5.10 Å². The van der Waals surface area contributed by atoms with Crippen molar-refractivity contribution < 1.29 is 9.59 Å². The number of aromatic amines is 1. The number of piperazine rings is 1. The van der Waals surface area contributed by atoms with Gasteiger partial charge >= 0.3 is 0 Å². The quantitative estimate of drug-likeness (QED) is 0.730. The molecule has 19 heavy (non-hydrogen) atoms. The third-order valence-electron chi connectivity index (χ3n) is 3.98. The fraction of sp³-hybridized carbons (Fsp3) is 0.583. The minimum absolute atomic E-state index is 0.152. The molecule has 0 radical (unpaired) electrons. The van der Waals surface area contributed by atoms with E-state index in [1.165, 1.54) is 0 Å². The number of carbonyl (C=O) groups is 2. The number of anilines is 1. The van der Waals surface area contributed by atoms with Crippen LogP contribution in [0.2, 0.25) is 0 Å². The van der Waals surface area contributed by atoms with Crippen LogP contribution >= 0.6 is 0 Å². The van der Waals surface area contributed by atoms with Crippen molar-refractivity contribution in [1.82, 2.24) is 20.0 Å². The molecular formula is C12H17N5O2. The van der Waals surface area contributed by atoms with Crippen LogP contribution in [0.3, 0.4) is 0 Å². The molecule has 1 aromatic heterocycles. The van der Waals surface area contributed by atoms with Crippen LogP contribution in [0.25, 0.3) is 0 Å². The van der Waals surface area contributed by atoms with E-state index in [2.05, 4.69) is 10.2 Å². The number of nitrogens with two attached hydrogens (primary N) is 1. The smallest absolute Gasteiger partial charge is 0.276 e. The van der Waals surface area contributed by atoms with Crippen LogP contribution in [0.5, 0.6) is 0 Å². The summed E-state index contributed by atoms with van der Waals surface area (Å²) in [5.41, 5.74) is 7.24. The molecule has 3 rings (SSSR count). The van der Waals surface area contributed by atoms with Crippen molar-refractivity contribution in [3.8, 4) is 0 Å². The molecule has 102 valence electrons. The van der Waals surface area contributed by atoms with Crippen LogP contribution in [0.1, 0.15) is 29.0 Å². The lowest BCUT2D eigenvalue weighted by molar-refractivity contribution is -0.130. The molecule has 0 aromatic carbocycles. The fourth-order valence-electron chi connectivity index (χ4n) is 2.80. The summed E-state index contributed by atoms with van der Waals surface area (Å²) in [5, 5.41) is 6.69. The lowest BCUT2D eigenvalue weighted by Crippen LogP contribution is -2.53. The van der Waals surface area contributed by atoms with Crippen LogP contribution in [-0.4, -0.2) is 57.5 Å². The van der Waals surface area contributed by atoms with E-state index in [0.29, 0.717) is 37.4 Å². The van der Waals surface area contributed by atoms with E-state index in [-0.39, 0.29) is 23.6 Å². The summed E-state index contributed by atoms with van der Waals surface area (Å²) in [6, 6.07) is 0.159. The fourth-order valence-corrected chi connectivity index (χ4v) is 2.80. The molecule has 2 saturated heterocycles. The monoisotopic (exact) mass is 263 g/mol. The van der Waals surface area contributed by atoms with Gasteiger partial charge in [-0.25, -0.2) is 0 Å². The van der Waals surface area contributed by atoms with Crippen molar-refractivity contribution >= 4 is 17.5 Å². The predicted molar refractivity (Wildman–Crippen MR) is 68.4 cm³/mol. The van der Waals surface area contributed by atoms with Gasteiger partial charge in [-0.15, -0.1) is 0 Å². The number of fused-ring (bicyclic) bond motifs is 1. The van der Waals surface area contributed by atoms with E-state index in [1.54, 1.807) is 11.8 Å². The first-order valence-electron chi connectivity index (χ1n) is 6.47. The van der Waals surface area contributed by atoms with Gasteiger partial charge in [0.1, 0.15) is 0 Å². The Bertz CT molecular complexity index is 538. The molecule has 0 spiro atoms. The van der Waals surface area contributed by atoms with Crippen LogP contribution in [0, 0.1) is 6.92 Å². The van der Waals surface area contributed by atoms with Crippen LogP contribution < -0.4 is 5.73 Å². The van der Waals surface area contributed by atoms with Crippen molar-refractivity contribution in [1.29, 1.82) is 0 Å². The molecule has 0 bridgehead atoms. The third-order valence-corrected chi connectivity index (χ3v) is 3.98. The predicted octanol–water partition coefficient (Wildman–Crippen LogP) is -0.253. The Labute approximate surface area is 110 Å². The molecule has 7 nitrogen and oxygen atoms in total. The first kappa shape index (κ1) is 12.0. The molecule has 2 aliphatic heterocycles. The summed E-state index contributed by atoms with van der Waals surface area (Å²) >= 11 is 0. The second-order valence-electron chi connectivity index (χ2n) is 5.14. The Morgan fingerprint density at radius 2 is 2.26 bits per heavy atom. The van der Waals surface area contributed by atoms with Crippen molar-refractivity contribution in [3.05, 3.63) is 11.4 Å². The largest absolute Gasteiger partial charge is 0.395 e. The molecule has 2 aliphatic rings. The van der Waals surface area contributed by atoms with Crippen LogP contribution in [0.4, 0.5) is 5.69 Å². The number of nitrogen functional groups attached to an aromatic ring is 1. The molecular weight excluding hydrogens is 246 g/mol. The summed E-state index contributed by atoms with van der Waals surface area (Å²) in [6.07, 6.45) is 1.42. The zero-order chi connectivity index (χ0) is 13.6. The molecule has 1 atom stereocenters. The average molecular weight is 263 g/mol. The third kappa shape index (κ3) is 1.85. The molecule has 0 saturated carbocycles. The summed E-state index contributed by atoms with van der Waals surface area (Å²) < 4.78 is 0. The Morgan fingerprint density at radius 1 is 1.47 bits per heavy atom. The maximum absolute atomic E-state index is 12.4. The van der Waals surface area contributed by atoms with Gasteiger partial charge in [0.25, 0.3) is 5.91 Å². The molecule has 1 aromatic rings. The van der Waals surface area contributed by atoms with Gasteiger partial charge in [0.05, 0.1) is 11.4 Å². The van der Waals surface area contributed by atoms with Crippen molar-refractivity contribution in [2.45, 2.75) is 25.8 Å². The molecule has 0 aliphatic carbocycles. The molecule has 7 heteroatoms. The molecule has 3 N–H and O–H groups in total. The van der Waals surface area contributed by atoms with Gasteiger partial charge in [-0.05, 0) is 13.3 Å². The summed E-state index contributed by atoms with van der Waals surface area (Å²) in [4.78, 5) is 27.6. The number of nitrogens with one attached hydrogen (secondary N) is 1. The molecule has 2 fully saturated rings. The highest BCUT2D eigenvalue weighted by molar-refractivity contribution is 5.97. The number of hydrogen-bond donors (Lipinski definition) is 2. The number of aromatic nitrogens is 2. The van der Waals surface area contributed by atoms with Gasteiger partial charge < -0.3 is 15.5 Å². The number of carbonyl (C=O) groups excluding carboxylic acids is 2. The second-order valence-corrected chi connectivity index (χ2v) is 5.14. The summed E-state index contributed by atoms with van der Waals surface area (Å²) in [6.45, 7) is 3.52. The highest BCUT2D eigenvalue weighted by Gasteiger charge is 2.37. The lowest BCUT2D eigenvalue weighted by atomic mass is 10.1. The highest BCUT2D eigenvalue weighted by atomic mass is 16.2.